The van der Waals surface area contributed by atoms with Gasteiger partial charge in [0.1, 0.15) is 5.82 Å². The molecular weight excluding hydrogens is 295 g/mol. The number of allylic oxidation sites excluding steroid dienone is 2. The Kier molecular flexibility index (Phi) is 6.51. The van der Waals surface area contributed by atoms with Crippen molar-refractivity contribution in [2.45, 2.75) is 77.0 Å². The van der Waals surface area contributed by atoms with E-state index in [0.717, 1.165) is 17.8 Å². The smallest absolute Gasteiger partial charge is 0.123 e. The van der Waals surface area contributed by atoms with Crippen molar-refractivity contribution in [1.82, 2.24) is 0 Å². The predicted molar refractivity (Wildman–Crippen MR) is 101 cm³/mol. The lowest BCUT2D eigenvalue weighted by Gasteiger charge is -2.36. The van der Waals surface area contributed by atoms with Gasteiger partial charge in [-0.25, -0.2) is 4.39 Å². The normalized spacial score (nSPS) is 28.7. The van der Waals surface area contributed by atoms with Gasteiger partial charge >= 0.3 is 0 Å². The van der Waals surface area contributed by atoms with Crippen LogP contribution in [0.1, 0.15) is 82.6 Å². The molecule has 0 N–H and O–H groups in total. The maximum absolute atomic E-state index is 13.4. The number of hydrogen-bond donors (Lipinski definition) is 0. The van der Waals surface area contributed by atoms with Crippen molar-refractivity contribution >= 4 is 0 Å². The van der Waals surface area contributed by atoms with Crippen molar-refractivity contribution in [3.63, 3.8) is 0 Å². The molecule has 0 nitrogen and oxygen atoms in total. The third kappa shape index (κ3) is 4.71. The van der Waals surface area contributed by atoms with E-state index >= 15 is 0 Å². The van der Waals surface area contributed by atoms with E-state index in [9.17, 15) is 4.39 Å². The lowest BCUT2D eigenvalue weighted by Crippen LogP contribution is -2.23. The first-order valence-corrected chi connectivity index (χ1v) is 10.2. The quantitative estimate of drug-likeness (QED) is 0.482. The summed E-state index contributed by atoms with van der Waals surface area (Å²) in [7, 11) is 0. The zero-order valence-corrected chi connectivity index (χ0v) is 15.2. The van der Waals surface area contributed by atoms with Gasteiger partial charge in [-0.05, 0) is 79.9 Å². The summed E-state index contributed by atoms with van der Waals surface area (Å²) in [6.07, 6.45) is 18.1. The fraction of sp³-hybridized carbons (Fsp3) is 0.652. The molecule has 132 valence electrons. The molecule has 0 spiro atoms. The van der Waals surface area contributed by atoms with E-state index in [2.05, 4.69) is 31.2 Å². The molecule has 1 fully saturated rings. The van der Waals surface area contributed by atoms with E-state index in [1.807, 2.05) is 0 Å². The molecule has 2 atom stereocenters. The second-order valence-electron chi connectivity index (χ2n) is 8.11. The Morgan fingerprint density at radius 2 is 1.71 bits per heavy atom. The van der Waals surface area contributed by atoms with Crippen molar-refractivity contribution < 1.29 is 4.39 Å². The van der Waals surface area contributed by atoms with Gasteiger partial charge in [-0.2, -0.15) is 0 Å². The van der Waals surface area contributed by atoms with Crippen LogP contribution in [0.2, 0.25) is 0 Å². The van der Waals surface area contributed by atoms with Gasteiger partial charge in [-0.3, -0.25) is 0 Å². The molecule has 2 unspecified atom stereocenters. The molecule has 1 saturated carbocycles. The zero-order chi connectivity index (χ0) is 16.8. The van der Waals surface area contributed by atoms with E-state index in [1.54, 1.807) is 12.1 Å². The molecule has 0 heterocycles. The highest BCUT2D eigenvalue weighted by molar-refractivity contribution is 5.22. The maximum Gasteiger partial charge on any atom is 0.123 e. The van der Waals surface area contributed by atoms with Crippen LogP contribution in [-0.2, 0) is 0 Å². The molecule has 1 aromatic carbocycles. The summed E-state index contributed by atoms with van der Waals surface area (Å²) >= 11 is 0. The highest BCUT2D eigenvalue weighted by atomic mass is 19.1. The molecule has 0 bridgehead atoms. The number of benzene rings is 1. The van der Waals surface area contributed by atoms with Crippen molar-refractivity contribution in [3.8, 4) is 0 Å². The van der Waals surface area contributed by atoms with Crippen molar-refractivity contribution in [1.29, 1.82) is 0 Å². The van der Waals surface area contributed by atoms with Crippen LogP contribution in [0.3, 0.4) is 0 Å². The Hall–Kier alpha value is -1.11. The van der Waals surface area contributed by atoms with Crippen LogP contribution >= 0.6 is 0 Å². The van der Waals surface area contributed by atoms with E-state index in [1.165, 1.54) is 69.8 Å². The van der Waals surface area contributed by atoms with Gasteiger partial charge in [-0.15, -0.1) is 0 Å². The van der Waals surface area contributed by atoms with E-state index < -0.39 is 0 Å². The van der Waals surface area contributed by atoms with E-state index in [-0.39, 0.29) is 5.82 Å². The molecular formula is C23H33F. The molecule has 1 heteroatoms. The van der Waals surface area contributed by atoms with Gasteiger partial charge in [0.05, 0.1) is 0 Å². The Labute approximate surface area is 147 Å². The summed E-state index contributed by atoms with van der Waals surface area (Å²) in [6.45, 7) is 2.31. The molecule has 0 saturated heterocycles. The summed E-state index contributed by atoms with van der Waals surface area (Å²) in [6, 6.07) is 7.42. The molecule has 2 aliphatic carbocycles. The molecule has 0 aliphatic heterocycles. The zero-order valence-electron chi connectivity index (χ0n) is 15.2. The van der Waals surface area contributed by atoms with Crippen LogP contribution in [0.5, 0.6) is 0 Å². The largest absolute Gasteiger partial charge is 0.207 e. The van der Waals surface area contributed by atoms with Crippen molar-refractivity contribution in [2.75, 3.05) is 0 Å². The summed E-state index contributed by atoms with van der Waals surface area (Å²) in [4.78, 5) is 0. The minimum absolute atomic E-state index is 0.107. The number of halogens is 1. The average molecular weight is 329 g/mol. The van der Waals surface area contributed by atoms with Crippen LogP contribution in [0.25, 0.3) is 0 Å². The maximum atomic E-state index is 13.4. The first kappa shape index (κ1) is 17.7. The van der Waals surface area contributed by atoms with Gasteiger partial charge in [-0.1, -0.05) is 56.9 Å². The minimum Gasteiger partial charge on any atom is -0.207 e. The van der Waals surface area contributed by atoms with Crippen LogP contribution < -0.4 is 0 Å². The van der Waals surface area contributed by atoms with Gasteiger partial charge in [0.25, 0.3) is 0 Å². The average Bonchev–Trinajstić information content (AvgIpc) is 2.63. The van der Waals surface area contributed by atoms with Crippen LogP contribution in [-0.4, -0.2) is 0 Å². The first-order valence-electron chi connectivity index (χ1n) is 10.2. The summed E-state index contributed by atoms with van der Waals surface area (Å²) in [5.41, 5.74) is 1.38. The molecule has 24 heavy (non-hydrogen) atoms. The summed E-state index contributed by atoms with van der Waals surface area (Å²) < 4.78 is 13.4. The minimum atomic E-state index is -0.107. The monoisotopic (exact) mass is 328 g/mol. The third-order valence-electron chi connectivity index (χ3n) is 6.42. The van der Waals surface area contributed by atoms with Gasteiger partial charge < -0.3 is 0 Å². The Morgan fingerprint density at radius 1 is 0.958 bits per heavy atom. The van der Waals surface area contributed by atoms with Crippen LogP contribution in [0.15, 0.2) is 36.4 Å². The van der Waals surface area contributed by atoms with E-state index in [4.69, 9.17) is 0 Å². The standard InChI is InChI=1S/C23H33F/c1-2-6-18-9-11-20(12-10-18)23(17-19-7-4-3-5-8-19)21-13-15-22(24)16-14-21/h3-4,13-16,18-20,23H,2,5-12,17H2,1H3. The summed E-state index contributed by atoms with van der Waals surface area (Å²) in [5, 5.41) is 0. The highest BCUT2D eigenvalue weighted by Crippen LogP contribution is 2.43. The van der Waals surface area contributed by atoms with Gasteiger partial charge in [0, 0.05) is 0 Å². The van der Waals surface area contributed by atoms with Gasteiger partial charge in [0.15, 0.2) is 0 Å². The molecule has 2 aliphatic rings. The predicted octanol–water partition coefficient (Wildman–Crippen LogP) is 7.26. The third-order valence-corrected chi connectivity index (χ3v) is 6.42. The SMILES string of the molecule is CCCC1CCC(C(CC2CC=CCC2)c2ccc(F)cc2)CC1. The lowest BCUT2D eigenvalue weighted by molar-refractivity contribution is 0.211. The van der Waals surface area contributed by atoms with Crippen molar-refractivity contribution in [3.05, 3.63) is 47.8 Å². The number of rotatable bonds is 6. The molecule has 3 rings (SSSR count). The molecule has 1 aromatic rings. The molecule has 0 aromatic heterocycles. The second-order valence-corrected chi connectivity index (χ2v) is 8.11. The topological polar surface area (TPSA) is 0 Å². The van der Waals surface area contributed by atoms with Crippen LogP contribution in [0.4, 0.5) is 4.39 Å². The Morgan fingerprint density at radius 3 is 2.33 bits per heavy atom. The second kappa shape index (κ2) is 8.83. The first-order chi connectivity index (χ1) is 11.8. The van der Waals surface area contributed by atoms with Gasteiger partial charge in [0.2, 0.25) is 0 Å². The Bertz CT molecular complexity index is 507. The number of hydrogen-bond acceptors (Lipinski definition) is 0. The lowest BCUT2D eigenvalue weighted by atomic mass is 9.69. The van der Waals surface area contributed by atoms with E-state index in [0.29, 0.717) is 5.92 Å². The Balaban J connectivity index is 1.69. The summed E-state index contributed by atoms with van der Waals surface area (Å²) in [5.74, 6) is 3.10. The van der Waals surface area contributed by atoms with Crippen LogP contribution in [0, 0.1) is 23.6 Å². The molecule has 0 radical (unpaired) electrons. The van der Waals surface area contributed by atoms with Crippen molar-refractivity contribution in [2.24, 2.45) is 17.8 Å². The highest BCUT2D eigenvalue weighted by Gasteiger charge is 2.30. The fourth-order valence-corrected chi connectivity index (χ4v) is 5.03. The molecule has 0 amide bonds. The fourth-order valence-electron chi connectivity index (χ4n) is 5.03.